The van der Waals surface area contributed by atoms with Crippen molar-refractivity contribution >= 4 is 0 Å². The molecule has 0 unspecified atom stereocenters. The monoisotopic (exact) mass is 261 g/mol. The molecule has 1 nitrogen and oxygen atoms in total. The average Bonchev–Trinajstić information content (AvgIpc) is 2.36. The van der Waals surface area contributed by atoms with Gasteiger partial charge in [0.1, 0.15) is 11.6 Å². The van der Waals surface area contributed by atoms with Gasteiger partial charge in [-0.25, -0.2) is 8.78 Å². The Bertz CT molecular complexity index is 583. The lowest BCUT2D eigenvalue weighted by Gasteiger charge is -2.13. The molecule has 0 saturated carbocycles. The van der Waals surface area contributed by atoms with Crippen LogP contribution in [0.4, 0.5) is 8.78 Å². The minimum Gasteiger partial charge on any atom is -0.316 e. The largest absolute Gasteiger partial charge is 0.316 e. The second-order valence-corrected chi connectivity index (χ2v) is 4.74. The molecule has 0 fully saturated rings. The number of hydrogen-bond acceptors (Lipinski definition) is 1. The van der Waals surface area contributed by atoms with Crippen molar-refractivity contribution in [1.29, 1.82) is 0 Å². The third kappa shape index (κ3) is 2.82. The molecule has 100 valence electrons. The molecule has 2 rings (SSSR count). The predicted octanol–water partition coefficient (Wildman–Crippen LogP) is 3.97. The summed E-state index contributed by atoms with van der Waals surface area (Å²) in [5.74, 6) is -0.826. The fourth-order valence-corrected chi connectivity index (χ4v) is 2.32. The van der Waals surface area contributed by atoms with E-state index in [1.165, 1.54) is 11.6 Å². The lowest BCUT2D eigenvalue weighted by Crippen LogP contribution is -2.08. The normalized spacial score (nSPS) is 10.8. The fourth-order valence-electron chi connectivity index (χ4n) is 2.32. The first-order valence-electron chi connectivity index (χ1n) is 6.23. The Morgan fingerprint density at radius 1 is 1.00 bits per heavy atom. The third-order valence-electron chi connectivity index (χ3n) is 3.29. The van der Waals surface area contributed by atoms with E-state index in [1.807, 2.05) is 33.0 Å². The number of halogens is 2. The zero-order valence-electron chi connectivity index (χ0n) is 11.3. The van der Waals surface area contributed by atoms with Crippen LogP contribution in [-0.2, 0) is 6.54 Å². The van der Waals surface area contributed by atoms with Crippen LogP contribution in [0.2, 0.25) is 0 Å². The minimum absolute atomic E-state index is 0.308. The molecule has 1 N–H and O–H groups in total. The predicted molar refractivity (Wildman–Crippen MR) is 74.0 cm³/mol. The van der Waals surface area contributed by atoms with E-state index in [1.54, 1.807) is 0 Å². The van der Waals surface area contributed by atoms with Gasteiger partial charge >= 0.3 is 0 Å². The highest BCUT2D eigenvalue weighted by Crippen LogP contribution is 2.28. The molecule has 0 aliphatic heterocycles. The van der Waals surface area contributed by atoms with Crippen LogP contribution in [0.1, 0.15) is 16.7 Å². The first-order chi connectivity index (χ1) is 9.02. The highest BCUT2D eigenvalue weighted by atomic mass is 19.1. The highest BCUT2D eigenvalue weighted by molar-refractivity contribution is 5.67. The molecule has 0 spiro atoms. The molecule has 0 bridgehead atoms. The molecule has 2 aromatic carbocycles. The molecule has 19 heavy (non-hydrogen) atoms. The Balaban J connectivity index is 2.55. The summed E-state index contributed by atoms with van der Waals surface area (Å²) in [6, 6.07) is 7.33. The first-order valence-corrected chi connectivity index (χ1v) is 6.23. The summed E-state index contributed by atoms with van der Waals surface area (Å²) in [4.78, 5) is 0. The van der Waals surface area contributed by atoms with Crippen molar-refractivity contribution in [1.82, 2.24) is 5.32 Å². The van der Waals surface area contributed by atoms with Crippen molar-refractivity contribution in [2.75, 3.05) is 7.05 Å². The first kappa shape index (κ1) is 13.7. The fraction of sp³-hybridized carbons (Fsp3) is 0.250. The topological polar surface area (TPSA) is 12.0 Å². The maximum atomic E-state index is 13.8. The van der Waals surface area contributed by atoms with Crippen molar-refractivity contribution in [3.8, 4) is 11.1 Å². The summed E-state index contributed by atoms with van der Waals surface area (Å²) in [5, 5.41) is 3.11. The Morgan fingerprint density at radius 2 is 1.63 bits per heavy atom. The number of nitrogens with one attached hydrogen (secondary N) is 1. The van der Waals surface area contributed by atoms with Crippen molar-refractivity contribution in [2.24, 2.45) is 0 Å². The summed E-state index contributed by atoms with van der Waals surface area (Å²) in [7, 11) is 1.89. The van der Waals surface area contributed by atoms with Crippen LogP contribution in [0.3, 0.4) is 0 Å². The molecular weight excluding hydrogens is 244 g/mol. The smallest absolute Gasteiger partial charge is 0.131 e. The molecular formula is C16H17F2N. The van der Waals surface area contributed by atoms with Crippen LogP contribution in [-0.4, -0.2) is 7.05 Å². The van der Waals surface area contributed by atoms with Gasteiger partial charge in [-0.3, -0.25) is 0 Å². The second kappa shape index (κ2) is 5.49. The van der Waals surface area contributed by atoms with Gasteiger partial charge in [-0.15, -0.1) is 0 Å². The molecule has 3 heteroatoms. The third-order valence-corrected chi connectivity index (χ3v) is 3.29. The van der Waals surface area contributed by atoms with E-state index in [9.17, 15) is 8.78 Å². The summed E-state index contributed by atoms with van der Waals surface area (Å²) in [5.41, 5.74) is 4.37. The molecule has 0 amide bonds. The van der Waals surface area contributed by atoms with E-state index in [2.05, 4.69) is 5.32 Å². The van der Waals surface area contributed by atoms with E-state index in [4.69, 9.17) is 0 Å². The van der Waals surface area contributed by atoms with Crippen LogP contribution in [0.5, 0.6) is 0 Å². The Morgan fingerprint density at radius 3 is 2.21 bits per heavy atom. The number of hydrogen-bond donors (Lipinski definition) is 1. The maximum Gasteiger partial charge on any atom is 0.131 e. The van der Waals surface area contributed by atoms with Gasteiger partial charge in [0, 0.05) is 12.1 Å². The molecule has 0 aromatic heterocycles. The summed E-state index contributed by atoms with van der Waals surface area (Å²) in [6.07, 6.45) is 0. The van der Waals surface area contributed by atoms with Crippen molar-refractivity contribution < 1.29 is 8.78 Å². The van der Waals surface area contributed by atoms with E-state index < -0.39 is 11.6 Å². The number of benzene rings is 2. The zero-order valence-corrected chi connectivity index (χ0v) is 11.3. The van der Waals surface area contributed by atoms with Crippen LogP contribution in [0.25, 0.3) is 11.1 Å². The van der Waals surface area contributed by atoms with Gasteiger partial charge in [0.2, 0.25) is 0 Å². The quantitative estimate of drug-likeness (QED) is 0.881. The second-order valence-electron chi connectivity index (χ2n) is 4.74. The highest BCUT2D eigenvalue weighted by Gasteiger charge is 2.10. The van der Waals surface area contributed by atoms with Gasteiger partial charge < -0.3 is 5.32 Å². The Labute approximate surface area is 112 Å². The molecule has 0 aliphatic rings. The molecule has 0 radical (unpaired) electrons. The van der Waals surface area contributed by atoms with Crippen molar-refractivity contribution in [2.45, 2.75) is 20.4 Å². The van der Waals surface area contributed by atoms with Gasteiger partial charge in [-0.2, -0.15) is 0 Å². The summed E-state index contributed by atoms with van der Waals surface area (Å²) >= 11 is 0. The van der Waals surface area contributed by atoms with Gasteiger partial charge in [-0.05, 0) is 61.3 Å². The van der Waals surface area contributed by atoms with Crippen LogP contribution in [0.15, 0.2) is 30.3 Å². The summed E-state index contributed by atoms with van der Waals surface area (Å²) < 4.78 is 27.0. The lowest BCUT2D eigenvalue weighted by atomic mass is 9.95. The number of aryl methyl sites for hydroxylation is 2. The van der Waals surface area contributed by atoms with E-state index in [0.717, 1.165) is 29.8 Å². The van der Waals surface area contributed by atoms with Crippen LogP contribution >= 0.6 is 0 Å². The minimum atomic E-state index is -0.425. The Kier molecular flexibility index (Phi) is 3.96. The average molecular weight is 261 g/mol. The molecule has 0 aliphatic carbocycles. The van der Waals surface area contributed by atoms with Gasteiger partial charge in [0.05, 0.1) is 0 Å². The lowest BCUT2D eigenvalue weighted by molar-refractivity contribution is 0.603. The van der Waals surface area contributed by atoms with Crippen LogP contribution in [0, 0.1) is 25.5 Å². The molecule has 0 saturated heterocycles. The molecule has 0 heterocycles. The van der Waals surface area contributed by atoms with Gasteiger partial charge in [-0.1, -0.05) is 12.1 Å². The van der Waals surface area contributed by atoms with Crippen LogP contribution < -0.4 is 5.32 Å². The maximum absolute atomic E-state index is 13.8. The van der Waals surface area contributed by atoms with E-state index >= 15 is 0 Å². The molecule has 2 aromatic rings. The van der Waals surface area contributed by atoms with Crippen molar-refractivity contribution in [3.63, 3.8) is 0 Å². The standard InChI is InChI=1S/C16H17F2N/c1-10-6-12(7-11(2)15(10)9-19-3)14-8-13(17)4-5-16(14)18/h4-8,19H,9H2,1-3H3. The molecule has 0 atom stereocenters. The van der Waals surface area contributed by atoms with Gasteiger partial charge in [0.15, 0.2) is 0 Å². The SMILES string of the molecule is CNCc1c(C)cc(-c2cc(F)ccc2F)cc1C. The van der Waals surface area contributed by atoms with Crippen molar-refractivity contribution in [3.05, 3.63) is 58.7 Å². The Hall–Kier alpha value is -1.74. The van der Waals surface area contributed by atoms with E-state index in [-0.39, 0.29) is 0 Å². The zero-order chi connectivity index (χ0) is 14.0. The number of rotatable bonds is 3. The van der Waals surface area contributed by atoms with Gasteiger partial charge in [0.25, 0.3) is 0 Å². The summed E-state index contributed by atoms with van der Waals surface area (Å²) in [6.45, 7) is 4.74. The van der Waals surface area contributed by atoms with E-state index in [0.29, 0.717) is 11.1 Å².